The molecule has 1 N–H and O–H groups in total. The zero-order chi connectivity index (χ0) is 14.1. The highest BCUT2D eigenvalue weighted by Gasteiger charge is 2.27. The Labute approximate surface area is 130 Å². The minimum atomic E-state index is 0.494. The summed E-state index contributed by atoms with van der Waals surface area (Å²) in [5.41, 5.74) is 0.762. The van der Waals surface area contributed by atoms with Crippen LogP contribution >= 0.6 is 27.5 Å². The molecule has 0 spiro atoms. The fourth-order valence-corrected chi connectivity index (χ4v) is 2.45. The molecule has 1 saturated carbocycles. The molecule has 0 unspecified atom stereocenters. The molecule has 0 amide bonds. The lowest BCUT2D eigenvalue weighted by molar-refractivity contribution is 0.415. The summed E-state index contributed by atoms with van der Waals surface area (Å²) in [5.74, 6) is 2.84. The Morgan fingerprint density at radius 1 is 1.30 bits per heavy atom. The van der Waals surface area contributed by atoms with E-state index in [2.05, 4.69) is 31.2 Å². The molecule has 20 heavy (non-hydrogen) atoms. The third kappa shape index (κ3) is 3.04. The fraction of sp³-hybridized carbons (Fsp3) is 0.286. The largest absolute Gasteiger partial charge is 0.497 e. The molecule has 1 fully saturated rings. The molecule has 4 nitrogen and oxygen atoms in total. The van der Waals surface area contributed by atoms with Crippen molar-refractivity contribution in [1.29, 1.82) is 0 Å². The molecule has 104 valence electrons. The second-order valence-corrected chi connectivity index (χ2v) is 5.90. The van der Waals surface area contributed by atoms with Crippen LogP contribution in [0.25, 0.3) is 0 Å². The molecular weight excluding hydrogens is 342 g/mol. The van der Waals surface area contributed by atoms with Crippen molar-refractivity contribution in [2.75, 3.05) is 12.4 Å². The number of halogens is 2. The van der Waals surface area contributed by atoms with Gasteiger partial charge in [-0.1, -0.05) is 11.6 Å². The summed E-state index contributed by atoms with van der Waals surface area (Å²) in [6.45, 7) is 0. The van der Waals surface area contributed by atoms with Crippen LogP contribution in [0.15, 0.2) is 28.9 Å². The SMILES string of the molecule is COc1ccc(Cl)c(Nc2cc(Br)nc(C3CC3)n2)c1. The molecule has 0 atom stereocenters. The zero-order valence-corrected chi connectivity index (χ0v) is 13.2. The number of ether oxygens (including phenoxy) is 1. The number of aromatic nitrogens is 2. The molecule has 1 heterocycles. The average Bonchev–Trinajstić information content (AvgIpc) is 3.25. The lowest BCUT2D eigenvalue weighted by Crippen LogP contribution is -2.00. The Morgan fingerprint density at radius 2 is 2.10 bits per heavy atom. The molecule has 0 radical (unpaired) electrons. The van der Waals surface area contributed by atoms with Crippen LogP contribution in [-0.2, 0) is 0 Å². The number of methoxy groups -OCH3 is 1. The molecule has 6 heteroatoms. The lowest BCUT2D eigenvalue weighted by atomic mass is 10.3. The Hall–Kier alpha value is -1.33. The van der Waals surface area contributed by atoms with Crippen LogP contribution in [0.2, 0.25) is 5.02 Å². The number of anilines is 2. The zero-order valence-electron chi connectivity index (χ0n) is 10.9. The number of hydrogen-bond acceptors (Lipinski definition) is 4. The van der Waals surface area contributed by atoms with Crippen molar-refractivity contribution in [3.05, 3.63) is 39.7 Å². The quantitative estimate of drug-likeness (QED) is 0.820. The molecule has 0 aliphatic heterocycles. The van der Waals surface area contributed by atoms with Gasteiger partial charge in [-0.05, 0) is 40.9 Å². The van der Waals surface area contributed by atoms with E-state index in [-0.39, 0.29) is 0 Å². The van der Waals surface area contributed by atoms with E-state index >= 15 is 0 Å². The third-order valence-corrected chi connectivity index (χ3v) is 3.83. The summed E-state index contributed by atoms with van der Waals surface area (Å²) in [4.78, 5) is 8.94. The van der Waals surface area contributed by atoms with Gasteiger partial charge in [0, 0.05) is 18.1 Å². The Bertz CT molecular complexity index is 646. The first kappa shape index (κ1) is 13.6. The smallest absolute Gasteiger partial charge is 0.135 e. The molecule has 0 bridgehead atoms. The van der Waals surface area contributed by atoms with E-state index in [1.807, 2.05) is 18.2 Å². The van der Waals surface area contributed by atoms with Crippen LogP contribution in [-0.4, -0.2) is 17.1 Å². The lowest BCUT2D eigenvalue weighted by Gasteiger charge is -2.10. The highest BCUT2D eigenvalue weighted by atomic mass is 79.9. The summed E-state index contributed by atoms with van der Waals surface area (Å²) in [6.07, 6.45) is 2.33. The highest BCUT2D eigenvalue weighted by Crippen LogP contribution is 2.39. The summed E-state index contributed by atoms with van der Waals surface area (Å²) < 4.78 is 5.98. The minimum absolute atomic E-state index is 0.494. The van der Waals surface area contributed by atoms with Crippen LogP contribution in [0.1, 0.15) is 24.6 Å². The topological polar surface area (TPSA) is 47.0 Å². The third-order valence-electron chi connectivity index (χ3n) is 3.09. The standard InChI is InChI=1S/C14H13BrClN3O/c1-20-9-4-5-10(16)11(6-9)17-13-7-12(15)18-14(19-13)8-2-3-8/h4-8H,2-3H2,1H3,(H,17,18,19). The van der Waals surface area contributed by atoms with Gasteiger partial charge < -0.3 is 10.1 Å². The van der Waals surface area contributed by atoms with Crippen molar-refractivity contribution in [2.45, 2.75) is 18.8 Å². The van der Waals surface area contributed by atoms with Gasteiger partial charge in [-0.15, -0.1) is 0 Å². The van der Waals surface area contributed by atoms with Crippen LogP contribution in [0.3, 0.4) is 0 Å². The molecular formula is C14H13BrClN3O. The first-order valence-corrected chi connectivity index (χ1v) is 7.48. The maximum atomic E-state index is 6.18. The van der Waals surface area contributed by atoms with E-state index in [1.54, 1.807) is 13.2 Å². The number of hydrogen-bond donors (Lipinski definition) is 1. The monoisotopic (exact) mass is 353 g/mol. The molecule has 1 aromatic carbocycles. The summed E-state index contributed by atoms with van der Waals surface area (Å²) in [6, 6.07) is 7.29. The molecule has 0 saturated heterocycles. The highest BCUT2D eigenvalue weighted by molar-refractivity contribution is 9.10. The van der Waals surface area contributed by atoms with Crippen LogP contribution < -0.4 is 10.1 Å². The predicted molar refractivity (Wildman–Crippen MR) is 83.0 cm³/mol. The molecule has 1 aromatic heterocycles. The van der Waals surface area contributed by atoms with Gasteiger partial charge in [0.1, 0.15) is 22.0 Å². The van der Waals surface area contributed by atoms with Crippen LogP contribution in [0.4, 0.5) is 11.5 Å². The van der Waals surface area contributed by atoms with E-state index in [0.29, 0.717) is 10.9 Å². The Kier molecular flexibility index (Phi) is 3.81. The van der Waals surface area contributed by atoms with E-state index < -0.39 is 0 Å². The second-order valence-electron chi connectivity index (χ2n) is 4.68. The Balaban J connectivity index is 1.90. The van der Waals surface area contributed by atoms with Crippen molar-refractivity contribution in [1.82, 2.24) is 9.97 Å². The fourth-order valence-electron chi connectivity index (χ4n) is 1.89. The summed E-state index contributed by atoms with van der Waals surface area (Å²) >= 11 is 9.60. The first-order chi connectivity index (χ1) is 9.65. The molecule has 2 aromatic rings. The second kappa shape index (κ2) is 5.58. The van der Waals surface area contributed by atoms with Gasteiger partial charge in [0.15, 0.2) is 0 Å². The number of nitrogens with zero attached hydrogens (tertiary/aromatic N) is 2. The van der Waals surface area contributed by atoms with Crippen molar-refractivity contribution >= 4 is 39.0 Å². The van der Waals surface area contributed by atoms with Gasteiger partial charge in [0.05, 0.1) is 17.8 Å². The van der Waals surface area contributed by atoms with E-state index in [4.69, 9.17) is 16.3 Å². The van der Waals surface area contributed by atoms with Crippen molar-refractivity contribution in [3.63, 3.8) is 0 Å². The maximum Gasteiger partial charge on any atom is 0.135 e. The number of rotatable bonds is 4. The van der Waals surface area contributed by atoms with Crippen LogP contribution in [0.5, 0.6) is 5.75 Å². The average molecular weight is 355 g/mol. The first-order valence-electron chi connectivity index (χ1n) is 6.31. The van der Waals surface area contributed by atoms with Crippen molar-refractivity contribution in [3.8, 4) is 5.75 Å². The van der Waals surface area contributed by atoms with E-state index in [1.165, 1.54) is 0 Å². The maximum absolute atomic E-state index is 6.18. The predicted octanol–water partition coefficient (Wildman–Crippen LogP) is 4.52. The molecule has 3 rings (SSSR count). The van der Waals surface area contributed by atoms with E-state index in [0.717, 1.165) is 40.5 Å². The van der Waals surface area contributed by atoms with Crippen LogP contribution in [0, 0.1) is 0 Å². The molecule has 1 aliphatic carbocycles. The van der Waals surface area contributed by atoms with E-state index in [9.17, 15) is 0 Å². The van der Waals surface area contributed by atoms with Crippen molar-refractivity contribution < 1.29 is 4.74 Å². The number of benzene rings is 1. The minimum Gasteiger partial charge on any atom is -0.497 e. The van der Waals surface area contributed by atoms with Gasteiger partial charge in [-0.2, -0.15) is 0 Å². The summed E-state index contributed by atoms with van der Waals surface area (Å²) in [7, 11) is 1.62. The van der Waals surface area contributed by atoms with Gasteiger partial charge >= 0.3 is 0 Å². The number of nitrogens with one attached hydrogen (secondary N) is 1. The van der Waals surface area contributed by atoms with Gasteiger partial charge in [-0.3, -0.25) is 0 Å². The van der Waals surface area contributed by atoms with Gasteiger partial charge in [-0.25, -0.2) is 9.97 Å². The van der Waals surface area contributed by atoms with Crippen molar-refractivity contribution in [2.24, 2.45) is 0 Å². The van der Waals surface area contributed by atoms with Gasteiger partial charge in [0.25, 0.3) is 0 Å². The Morgan fingerprint density at radius 3 is 2.80 bits per heavy atom. The summed E-state index contributed by atoms with van der Waals surface area (Å²) in [5, 5.41) is 3.84. The molecule has 1 aliphatic rings. The normalized spacial score (nSPS) is 14.2. The van der Waals surface area contributed by atoms with Gasteiger partial charge in [0.2, 0.25) is 0 Å².